The van der Waals surface area contributed by atoms with Crippen LogP contribution in [0.4, 0.5) is 10.1 Å². The first-order valence-electron chi connectivity index (χ1n) is 11.4. The molecule has 168 valence electrons. The Kier molecular flexibility index (Phi) is 5.65. The molecule has 2 aliphatic rings. The van der Waals surface area contributed by atoms with Crippen molar-refractivity contribution in [3.63, 3.8) is 0 Å². The van der Waals surface area contributed by atoms with Crippen molar-refractivity contribution >= 4 is 17.2 Å². The first-order chi connectivity index (χ1) is 15.5. The summed E-state index contributed by atoms with van der Waals surface area (Å²) in [6, 6.07) is 10.1. The predicted molar refractivity (Wildman–Crippen MR) is 121 cm³/mol. The molecule has 1 saturated carbocycles. The molecular weight excluding hydrogens is 407 g/mol. The number of hydrogen-bond acceptors (Lipinski definition) is 5. The number of carbonyl (C=O) groups is 1. The van der Waals surface area contributed by atoms with Crippen LogP contribution in [0.15, 0.2) is 42.6 Å². The Bertz CT molecular complexity index is 1120. The minimum Gasteiger partial charge on any atom is -0.319 e. The van der Waals surface area contributed by atoms with Crippen LogP contribution in [0.1, 0.15) is 48.9 Å². The van der Waals surface area contributed by atoms with Crippen LogP contribution in [0.2, 0.25) is 0 Å². The first-order valence-corrected chi connectivity index (χ1v) is 11.4. The van der Waals surface area contributed by atoms with E-state index in [9.17, 15) is 9.18 Å². The fourth-order valence-electron chi connectivity index (χ4n) is 4.56. The van der Waals surface area contributed by atoms with Crippen LogP contribution in [-0.4, -0.2) is 62.5 Å². The van der Waals surface area contributed by atoms with Crippen LogP contribution in [-0.2, 0) is 0 Å². The van der Waals surface area contributed by atoms with Crippen LogP contribution in [0, 0.1) is 11.7 Å². The first kappa shape index (κ1) is 21.0. The van der Waals surface area contributed by atoms with Gasteiger partial charge in [0.2, 0.25) is 0 Å². The maximum Gasteiger partial charge on any atom is 0.257 e. The van der Waals surface area contributed by atoms with E-state index in [4.69, 9.17) is 0 Å². The summed E-state index contributed by atoms with van der Waals surface area (Å²) in [4.78, 5) is 17.8. The van der Waals surface area contributed by atoms with Crippen molar-refractivity contribution in [2.24, 2.45) is 5.92 Å². The number of carbonyl (C=O) groups excluding carboxylic acids is 1. The molecule has 1 aromatic carbocycles. The van der Waals surface area contributed by atoms with Crippen molar-refractivity contribution < 1.29 is 9.18 Å². The SMILES string of the molecule is CC(C)N1CCN(CC2CC2)CC1c1nnc2ccc(C(=O)Nc3ccccc3F)cn12. The minimum atomic E-state index is -0.461. The highest BCUT2D eigenvalue weighted by molar-refractivity contribution is 6.04. The molecule has 2 fully saturated rings. The van der Waals surface area contributed by atoms with E-state index in [0.29, 0.717) is 17.3 Å². The van der Waals surface area contributed by atoms with Gasteiger partial charge in [-0.2, -0.15) is 0 Å². The van der Waals surface area contributed by atoms with Crippen LogP contribution >= 0.6 is 0 Å². The van der Waals surface area contributed by atoms with Gasteiger partial charge in [0.1, 0.15) is 5.82 Å². The van der Waals surface area contributed by atoms with E-state index in [-0.39, 0.29) is 17.6 Å². The number of aromatic nitrogens is 3. The molecule has 0 spiro atoms. The highest BCUT2D eigenvalue weighted by Crippen LogP contribution is 2.33. The normalized spacial score (nSPS) is 20.2. The Morgan fingerprint density at radius 1 is 1.16 bits per heavy atom. The molecule has 0 bridgehead atoms. The molecule has 3 heterocycles. The molecule has 32 heavy (non-hydrogen) atoms. The number of nitrogens with one attached hydrogen (secondary N) is 1. The number of halogens is 1. The molecule has 1 N–H and O–H groups in total. The van der Waals surface area contributed by atoms with E-state index in [2.05, 4.69) is 39.2 Å². The topological polar surface area (TPSA) is 65.8 Å². The van der Waals surface area contributed by atoms with E-state index in [1.807, 2.05) is 4.40 Å². The zero-order chi connectivity index (χ0) is 22.2. The lowest BCUT2D eigenvalue weighted by atomic mass is 10.1. The van der Waals surface area contributed by atoms with Crippen LogP contribution < -0.4 is 5.32 Å². The highest BCUT2D eigenvalue weighted by Gasteiger charge is 2.35. The van der Waals surface area contributed by atoms with Gasteiger partial charge in [-0.3, -0.25) is 19.0 Å². The van der Waals surface area contributed by atoms with E-state index in [1.54, 1.807) is 36.5 Å². The van der Waals surface area contributed by atoms with E-state index >= 15 is 0 Å². The summed E-state index contributed by atoms with van der Waals surface area (Å²) in [7, 11) is 0. The minimum absolute atomic E-state index is 0.0994. The number of nitrogens with zero attached hydrogens (tertiary/aromatic N) is 5. The van der Waals surface area contributed by atoms with Crippen molar-refractivity contribution in [2.45, 2.75) is 38.8 Å². The van der Waals surface area contributed by atoms with Gasteiger partial charge >= 0.3 is 0 Å². The molecule has 1 saturated heterocycles. The smallest absolute Gasteiger partial charge is 0.257 e. The summed E-state index contributed by atoms with van der Waals surface area (Å²) in [6.07, 6.45) is 4.44. The lowest BCUT2D eigenvalue weighted by Crippen LogP contribution is -2.51. The maximum atomic E-state index is 14.0. The quantitative estimate of drug-likeness (QED) is 0.640. The molecule has 1 aliphatic carbocycles. The summed E-state index contributed by atoms with van der Waals surface area (Å²) < 4.78 is 15.9. The summed E-state index contributed by atoms with van der Waals surface area (Å²) in [6.45, 7) is 8.52. The molecule has 1 amide bonds. The average Bonchev–Trinajstić information content (AvgIpc) is 3.50. The Hall–Kier alpha value is -2.84. The molecule has 7 nitrogen and oxygen atoms in total. The summed E-state index contributed by atoms with van der Waals surface area (Å²) >= 11 is 0. The van der Waals surface area contributed by atoms with Gasteiger partial charge in [-0.15, -0.1) is 10.2 Å². The second-order valence-electron chi connectivity index (χ2n) is 9.19. The molecule has 8 heteroatoms. The number of pyridine rings is 1. The second-order valence-corrected chi connectivity index (χ2v) is 9.19. The lowest BCUT2D eigenvalue weighted by Gasteiger charge is -2.42. The molecule has 1 unspecified atom stereocenters. The number of amides is 1. The number of rotatable bonds is 6. The predicted octanol–water partition coefficient (Wildman–Crippen LogP) is 3.60. The van der Waals surface area contributed by atoms with Crippen LogP contribution in [0.5, 0.6) is 0 Å². The second kappa shape index (κ2) is 8.60. The van der Waals surface area contributed by atoms with Gasteiger partial charge in [0.05, 0.1) is 17.3 Å². The molecule has 2 aromatic heterocycles. The van der Waals surface area contributed by atoms with Gasteiger partial charge < -0.3 is 5.32 Å². The highest BCUT2D eigenvalue weighted by atomic mass is 19.1. The summed E-state index contributed by atoms with van der Waals surface area (Å²) in [5.74, 6) is 0.855. The van der Waals surface area contributed by atoms with Crippen molar-refractivity contribution in [3.05, 3.63) is 59.8 Å². The number of para-hydroxylation sites is 1. The van der Waals surface area contributed by atoms with Gasteiger partial charge in [-0.05, 0) is 56.9 Å². The largest absolute Gasteiger partial charge is 0.319 e. The molecule has 3 aromatic rings. The zero-order valence-corrected chi connectivity index (χ0v) is 18.5. The fourth-order valence-corrected chi connectivity index (χ4v) is 4.56. The number of anilines is 1. The van der Waals surface area contributed by atoms with Gasteiger partial charge in [0, 0.05) is 38.4 Å². The van der Waals surface area contributed by atoms with Crippen LogP contribution in [0.25, 0.3) is 5.65 Å². The maximum absolute atomic E-state index is 14.0. The van der Waals surface area contributed by atoms with Gasteiger partial charge in [0.15, 0.2) is 11.5 Å². The Labute approximate surface area is 187 Å². The summed E-state index contributed by atoms with van der Waals surface area (Å²) in [5.41, 5.74) is 1.30. The number of benzene rings is 1. The van der Waals surface area contributed by atoms with E-state index < -0.39 is 5.82 Å². The van der Waals surface area contributed by atoms with Crippen molar-refractivity contribution in [1.82, 2.24) is 24.4 Å². The molecule has 5 rings (SSSR count). The van der Waals surface area contributed by atoms with E-state index in [0.717, 1.165) is 37.9 Å². The Morgan fingerprint density at radius 2 is 1.97 bits per heavy atom. The lowest BCUT2D eigenvalue weighted by molar-refractivity contribution is 0.0437. The standard InChI is InChI=1S/C24H29FN6O/c1-16(2)30-12-11-29(13-17-7-8-17)15-21(30)23-28-27-22-10-9-18(14-31(22)23)24(32)26-20-6-4-3-5-19(20)25/h3-6,9-10,14,16-17,21H,7-8,11-13,15H2,1-2H3,(H,26,32). The third-order valence-corrected chi connectivity index (χ3v) is 6.49. The Morgan fingerprint density at radius 3 is 2.72 bits per heavy atom. The van der Waals surface area contributed by atoms with Gasteiger partial charge in [-0.25, -0.2) is 4.39 Å². The van der Waals surface area contributed by atoms with Gasteiger partial charge in [-0.1, -0.05) is 12.1 Å². The third kappa shape index (κ3) is 4.25. The molecular formula is C24H29FN6O. The van der Waals surface area contributed by atoms with E-state index in [1.165, 1.54) is 18.9 Å². The molecule has 1 aliphatic heterocycles. The van der Waals surface area contributed by atoms with Crippen molar-refractivity contribution in [3.8, 4) is 0 Å². The van der Waals surface area contributed by atoms with Crippen molar-refractivity contribution in [2.75, 3.05) is 31.5 Å². The van der Waals surface area contributed by atoms with Crippen molar-refractivity contribution in [1.29, 1.82) is 0 Å². The molecule has 0 radical (unpaired) electrons. The third-order valence-electron chi connectivity index (χ3n) is 6.49. The number of piperazine rings is 1. The monoisotopic (exact) mass is 436 g/mol. The number of hydrogen-bond donors (Lipinski definition) is 1. The molecule has 1 atom stereocenters. The van der Waals surface area contributed by atoms with Gasteiger partial charge in [0.25, 0.3) is 5.91 Å². The Balaban J connectivity index is 1.44. The summed E-state index contributed by atoms with van der Waals surface area (Å²) in [5, 5.41) is 11.6. The average molecular weight is 437 g/mol. The number of fused-ring (bicyclic) bond motifs is 1. The fraction of sp³-hybridized carbons (Fsp3) is 0.458. The zero-order valence-electron chi connectivity index (χ0n) is 18.5. The van der Waals surface area contributed by atoms with Crippen LogP contribution in [0.3, 0.4) is 0 Å².